The Morgan fingerprint density at radius 2 is 1.87 bits per heavy atom. The van der Waals surface area contributed by atoms with Crippen LogP contribution < -0.4 is 10.1 Å². The number of hydrogen-bond acceptors (Lipinski definition) is 5. The molecule has 1 heterocycles. The lowest BCUT2D eigenvalue weighted by Gasteiger charge is -2.38. The first-order valence-corrected chi connectivity index (χ1v) is 7.94. The van der Waals surface area contributed by atoms with Crippen molar-refractivity contribution in [2.75, 3.05) is 0 Å². The van der Waals surface area contributed by atoms with Crippen LogP contribution in [0.25, 0.3) is 0 Å². The van der Waals surface area contributed by atoms with Crippen molar-refractivity contribution in [1.29, 1.82) is 0 Å². The van der Waals surface area contributed by atoms with Crippen LogP contribution >= 0.6 is 0 Å². The summed E-state index contributed by atoms with van der Waals surface area (Å²) in [5.41, 5.74) is 1.05. The fraction of sp³-hybridized carbons (Fsp3) is 0.389. The summed E-state index contributed by atoms with van der Waals surface area (Å²) in [6, 6.07) is 13.1. The van der Waals surface area contributed by atoms with E-state index >= 15 is 0 Å². The van der Waals surface area contributed by atoms with Gasteiger partial charge in [-0.05, 0) is 36.6 Å². The average Bonchev–Trinajstić information content (AvgIpc) is 2.60. The molecule has 2 aromatic rings. The molecular weight excluding hydrogens is 292 g/mol. The van der Waals surface area contributed by atoms with Gasteiger partial charge in [-0.2, -0.15) is 0 Å². The Kier molecular flexibility index (Phi) is 5.23. The van der Waals surface area contributed by atoms with Crippen LogP contribution in [0.2, 0.25) is 0 Å². The molecule has 0 radical (unpaired) electrons. The van der Waals surface area contributed by atoms with Gasteiger partial charge in [-0.15, -0.1) is 0 Å². The monoisotopic (exact) mass is 314 g/mol. The van der Waals surface area contributed by atoms with Crippen molar-refractivity contribution in [1.82, 2.24) is 10.3 Å². The van der Waals surface area contributed by atoms with Crippen molar-refractivity contribution >= 4 is 0 Å². The second kappa shape index (κ2) is 7.55. The van der Waals surface area contributed by atoms with Gasteiger partial charge < -0.3 is 20.3 Å². The third kappa shape index (κ3) is 4.07. The Balaban J connectivity index is 1.54. The fourth-order valence-electron chi connectivity index (χ4n) is 2.92. The van der Waals surface area contributed by atoms with Crippen molar-refractivity contribution in [2.24, 2.45) is 0 Å². The normalized spacial score (nSPS) is 27.6. The topological polar surface area (TPSA) is 74.6 Å². The second-order valence-corrected chi connectivity index (χ2v) is 5.88. The Labute approximate surface area is 136 Å². The summed E-state index contributed by atoms with van der Waals surface area (Å²) in [6.07, 6.45) is 2.82. The summed E-state index contributed by atoms with van der Waals surface area (Å²) < 4.78 is 5.80. The molecule has 0 unspecified atom stereocenters. The predicted octanol–water partition coefficient (Wildman–Crippen LogP) is 1.50. The minimum Gasteiger partial charge on any atom is -0.488 e. The zero-order chi connectivity index (χ0) is 16.1. The van der Waals surface area contributed by atoms with Crippen LogP contribution in [0.15, 0.2) is 54.9 Å². The summed E-state index contributed by atoms with van der Waals surface area (Å²) in [5, 5.41) is 24.0. The van der Waals surface area contributed by atoms with E-state index in [-0.39, 0.29) is 12.1 Å². The minimum atomic E-state index is -0.907. The van der Waals surface area contributed by atoms with Crippen LogP contribution in [-0.4, -0.2) is 39.6 Å². The van der Waals surface area contributed by atoms with Gasteiger partial charge in [0.2, 0.25) is 0 Å². The maximum absolute atomic E-state index is 10.4. The molecule has 5 nitrogen and oxygen atoms in total. The molecule has 1 aromatic heterocycles. The van der Waals surface area contributed by atoms with Gasteiger partial charge in [0, 0.05) is 25.0 Å². The van der Waals surface area contributed by atoms with Crippen molar-refractivity contribution in [2.45, 2.75) is 43.7 Å². The summed E-state index contributed by atoms with van der Waals surface area (Å²) >= 11 is 0. The molecule has 1 aliphatic carbocycles. The third-order valence-corrected chi connectivity index (χ3v) is 4.23. The van der Waals surface area contributed by atoms with Crippen LogP contribution in [0.3, 0.4) is 0 Å². The van der Waals surface area contributed by atoms with Crippen LogP contribution in [0.1, 0.15) is 18.4 Å². The number of aliphatic hydroxyl groups is 2. The molecule has 23 heavy (non-hydrogen) atoms. The lowest BCUT2D eigenvalue weighted by atomic mass is 9.87. The van der Waals surface area contributed by atoms with Crippen molar-refractivity contribution in [3.05, 3.63) is 60.4 Å². The summed E-state index contributed by atoms with van der Waals surface area (Å²) in [6.45, 7) is 0.618. The average molecular weight is 314 g/mol. The van der Waals surface area contributed by atoms with Crippen LogP contribution in [0, 0.1) is 0 Å². The number of nitrogens with zero attached hydrogens (tertiary/aromatic N) is 1. The Morgan fingerprint density at radius 3 is 2.61 bits per heavy atom. The molecule has 1 aliphatic rings. The SMILES string of the molecule is O[C@H]1[C@H](O)[C@H](Oc2ccccc2)CC[C@H]1NCc1cccnc1. The zero-order valence-electron chi connectivity index (χ0n) is 12.9. The minimum absolute atomic E-state index is 0.152. The van der Waals surface area contributed by atoms with Crippen molar-refractivity contribution in [3.63, 3.8) is 0 Å². The number of nitrogens with one attached hydrogen (secondary N) is 1. The van der Waals surface area contributed by atoms with Gasteiger partial charge in [0.25, 0.3) is 0 Å². The Hall–Kier alpha value is -1.95. The van der Waals surface area contributed by atoms with Crippen LogP contribution in [0.5, 0.6) is 5.75 Å². The highest BCUT2D eigenvalue weighted by Gasteiger charge is 2.38. The lowest BCUT2D eigenvalue weighted by Crippen LogP contribution is -2.55. The maximum Gasteiger partial charge on any atom is 0.127 e. The number of aliphatic hydroxyl groups excluding tert-OH is 2. The van der Waals surface area contributed by atoms with E-state index in [2.05, 4.69) is 10.3 Å². The molecule has 122 valence electrons. The van der Waals surface area contributed by atoms with Crippen molar-refractivity contribution in [3.8, 4) is 5.75 Å². The molecule has 0 amide bonds. The van der Waals surface area contributed by atoms with Crippen LogP contribution in [-0.2, 0) is 6.54 Å². The largest absolute Gasteiger partial charge is 0.488 e. The summed E-state index contributed by atoms with van der Waals surface area (Å²) in [5.74, 6) is 0.713. The smallest absolute Gasteiger partial charge is 0.127 e. The van der Waals surface area contributed by atoms with E-state index in [1.54, 1.807) is 12.4 Å². The van der Waals surface area contributed by atoms with Gasteiger partial charge in [-0.3, -0.25) is 4.98 Å². The first-order chi connectivity index (χ1) is 11.2. The van der Waals surface area contributed by atoms with E-state index in [1.807, 2.05) is 42.5 Å². The van der Waals surface area contributed by atoms with E-state index in [0.717, 1.165) is 12.0 Å². The van der Waals surface area contributed by atoms with Gasteiger partial charge in [0.05, 0.1) is 6.10 Å². The predicted molar refractivity (Wildman–Crippen MR) is 87.0 cm³/mol. The quantitative estimate of drug-likeness (QED) is 0.780. The van der Waals surface area contributed by atoms with E-state index in [1.165, 1.54) is 0 Å². The van der Waals surface area contributed by atoms with Gasteiger partial charge in [0.15, 0.2) is 0 Å². The first kappa shape index (κ1) is 15.9. The zero-order valence-corrected chi connectivity index (χ0v) is 12.9. The van der Waals surface area contributed by atoms with Gasteiger partial charge in [-0.1, -0.05) is 24.3 Å². The molecule has 1 saturated carbocycles. The first-order valence-electron chi connectivity index (χ1n) is 7.94. The Morgan fingerprint density at radius 1 is 1.04 bits per heavy atom. The molecular formula is C18H22N2O3. The number of rotatable bonds is 5. The third-order valence-electron chi connectivity index (χ3n) is 4.23. The van der Waals surface area contributed by atoms with E-state index < -0.39 is 12.2 Å². The van der Waals surface area contributed by atoms with Crippen LogP contribution in [0.4, 0.5) is 0 Å². The molecule has 0 saturated heterocycles. The maximum atomic E-state index is 10.4. The molecule has 3 rings (SSSR count). The number of pyridine rings is 1. The second-order valence-electron chi connectivity index (χ2n) is 5.88. The van der Waals surface area contributed by atoms with E-state index in [9.17, 15) is 10.2 Å². The number of hydrogen-bond donors (Lipinski definition) is 3. The van der Waals surface area contributed by atoms with E-state index in [4.69, 9.17) is 4.74 Å². The Bertz CT molecular complexity index is 592. The number of para-hydroxylation sites is 1. The number of aromatic nitrogens is 1. The molecule has 1 aromatic carbocycles. The molecule has 0 spiro atoms. The highest BCUT2D eigenvalue weighted by Crippen LogP contribution is 2.25. The molecule has 5 heteroatoms. The molecule has 4 atom stereocenters. The van der Waals surface area contributed by atoms with E-state index in [0.29, 0.717) is 18.7 Å². The summed E-state index contributed by atoms with van der Waals surface area (Å²) in [7, 11) is 0. The molecule has 0 bridgehead atoms. The fourth-order valence-corrected chi connectivity index (χ4v) is 2.92. The molecule has 3 N–H and O–H groups in total. The molecule has 1 fully saturated rings. The number of benzene rings is 1. The number of ether oxygens (including phenoxy) is 1. The lowest BCUT2D eigenvalue weighted by molar-refractivity contribution is -0.0892. The van der Waals surface area contributed by atoms with Crippen molar-refractivity contribution < 1.29 is 14.9 Å². The highest BCUT2D eigenvalue weighted by atomic mass is 16.5. The standard InChI is InChI=1S/C18H22N2O3/c21-17-15(20-12-13-5-4-10-19-11-13)8-9-16(18(17)22)23-14-6-2-1-3-7-14/h1-7,10-11,15-18,20-22H,8-9,12H2/t15-,16-,17-,18-/m1/s1. The highest BCUT2D eigenvalue weighted by molar-refractivity contribution is 5.21. The van der Waals surface area contributed by atoms with Gasteiger partial charge in [0.1, 0.15) is 18.0 Å². The van der Waals surface area contributed by atoms with Gasteiger partial charge in [-0.25, -0.2) is 0 Å². The molecule has 0 aliphatic heterocycles. The summed E-state index contributed by atoms with van der Waals surface area (Å²) in [4.78, 5) is 4.07. The van der Waals surface area contributed by atoms with Gasteiger partial charge >= 0.3 is 0 Å².